The second kappa shape index (κ2) is 9.19. The molecule has 2 N–H and O–H groups in total. The average Bonchev–Trinajstić information content (AvgIpc) is 2.78. The molecule has 2 aromatic rings. The lowest BCUT2D eigenvalue weighted by atomic mass is 9.99. The molecule has 0 bridgehead atoms. The summed E-state index contributed by atoms with van der Waals surface area (Å²) in [6.45, 7) is 11.1. The number of carbonyl (C=O) groups excluding carboxylic acids is 1. The van der Waals surface area contributed by atoms with Crippen LogP contribution in [0.25, 0.3) is 0 Å². The molecule has 0 saturated carbocycles. The van der Waals surface area contributed by atoms with Crippen molar-refractivity contribution in [2.24, 2.45) is 0 Å². The summed E-state index contributed by atoms with van der Waals surface area (Å²) in [5.74, 6) is 1.29. The maximum atomic E-state index is 13.2. The fraction of sp³-hybridized carbons (Fsp3) is 0.480. The Morgan fingerprint density at radius 3 is 2.57 bits per heavy atom. The Labute approximate surface area is 180 Å². The van der Waals surface area contributed by atoms with Gasteiger partial charge in [-0.2, -0.15) is 0 Å². The van der Waals surface area contributed by atoms with Gasteiger partial charge in [-0.3, -0.25) is 4.79 Å². The van der Waals surface area contributed by atoms with E-state index in [9.17, 15) is 4.79 Å². The zero-order chi connectivity index (χ0) is 21.1. The highest BCUT2D eigenvalue weighted by Gasteiger charge is 2.34. The van der Waals surface area contributed by atoms with Crippen LogP contribution < -0.4 is 14.5 Å². The minimum atomic E-state index is 0.0327. The van der Waals surface area contributed by atoms with Gasteiger partial charge < -0.3 is 19.4 Å². The maximum absolute atomic E-state index is 13.2. The Kier molecular flexibility index (Phi) is 6.40. The number of aryl methyl sites for hydroxylation is 1. The Bertz CT molecular complexity index is 890. The predicted octanol–water partition coefficient (Wildman–Crippen LogP) is 0.260. The van der Waals surface area contributed by atoms with Crippen molar-refractivity contribution in [3.8, 4) is 5.75 Å². The predicted molar refractivity (Wildman–Crippen MR) is 118 cm³/mol. The van der Waals surface area contributed by atoms with Crippen LogP contribution in [0.3, 0.4) is 0 Å². The standard InChI is InChI=1S/C25H33N3O2/c1-19-8-9-24(30-3)23(16-19)17-26-12-14-27(15-13-26)20(2)25(29)28-11-10-21-6-4-5-7-22(21)18-28/h4-9,16,20H,10-15,17-18H2,1-3H3/p+2/t20-/m0/s1. The van der Waals surface area contributed by atoms with E-state index in [1.54, 1.807) is 12.0 Å². The molecule has 0 aliphatic carbocycles. The summed E-state index contributed by atoms with van der Waals surface area (Å²) in [6, 6.07) is 15.0. The van der Waals surface area contributed by atoms with Crippen molar-refractivity contribution in [3.63, 3.8) is 0 Å². The van der Waals surface area contributed by atoms with Crippen LogP contribution in [0.15, 0.2) is 42.5 Å². The number of piperazine rings is 1. The van der Waals surface area contributed by atoms with Crippen LogP contribution in [-0.2, 0) is 24.3 Å². The number of ether oxygens (including phenoxy) is 1. The molecule has 0 unspecified atom stereocenters. The number of fused-ring (bicyclic) bond motifs is 1. The van der Waals surface area contributed by atoms with Crippen LogP contribution in [-0.4, -0.2) is 56.7 Å². The van der Waals surface area contributed by atoms with Gasteiger partial charge in [0.25, 0.3) is 5.91 Å². The third-order valence-corrected chi connectivity index (χ3v) is 6.90. The van der Waals surface area contributed by atoms with Crippen molar-refractivity contribution in [1.29, 1.82) is 0 Å². The highest BCUT2D eigenvalue weighted by Crippen LogP contribution is 2.19. The molecule has 4 rings (SSSR count). The second-order valence-electron chi connectivity index (χ2n) is 8.90. The molecule has 160 valence electrons. The third-order valence-electron chi connectivity index (χ3n) is 6.90. The number of amides is 1. The number of carbonyl (C=O) groups is 1. The largest absolute Gasteiger partial charge is 0.496 e. The van der Waals surface area contributed by atoms with E-state index in [1.807, 2.05) is 0 Å². The number of hydrogen-bond acceptors (Lipinski definition) is 2. The van der Waals surface area contributed by atoms with Crippen LogP contribution in [0.5, 0.6) is 5.75 Å². The van der Waals surface area contributed by atoms with E-state index in [1.165, 1.54) is 27.2 Å². The maximum Gasteiger partial charge on any atom is 0.280 e. The SMILES string of the molecule is COc1ccc(C)cc1C[NH+]1CC[NH+]([C@@H](C)C(=O)N2CCc3ccccc3C2)CC1. The van der Waals surface area contributed by atoms with Gasteiger partial charge in [-0.25, -0.2) is 0 Å². The van der Waals surface area contributed by atoms with Crippen LogP contribution in [0.4, 0.5) is 0 Å². The fourth-order valence-electron chi connectivity index (χ4n) is 4.98. The number of methoxy groups -OCH3 is 1. The first-order valence-corrected chi connectivity index (χ1v) is 11.2. The first kappa shape index (κ1) is 20.9. The van der Waals surface area contributed by atoms with Gasteiger partial charge in [0.05, 0.1) is 7.11 Å². The minimum Gasteiger partial charge on any atom is -0.496 e. The molecule has 0 spiro atoms. The Morgan fingerprint density at radius 1 is 1.10 bits per heavy atom. The minimum absolute atomic E-state index is 0.0327. The van der Waals surface area contributed by atoms with Gasteiger partial charge in [0.15, 0.2) is 6.04 Å². The van der Waals surface area contributed by atoms with Crippen molar-refractivity contribution in [2.45, 2.75) is 39.4 Å². The summed E-state index contributed by atoms with van der Waals surface area (Å²) in [6.07, 6.45) is 0.972. The van der Waals surface area contributed by atoms with Gasteiger partial charge in [-0.1, -0.05) is 35.9 Å². The summed E-state index contributed by atoms with van der Waals surface area (Å²) in [7, 11) is 1.75. The number of rotatable bonds is 5. The average molecular weight is 410 g/mol. The number of quaternary nitrogens is 2. The zero-order valence-corrected chi connectivity index (χ0v) is 18.5. The Morgan fingerprint density at radius 2 is 1.83 bits per heavy atom. The van der Waals surface area contributed by atoms with Crippen molar-refractivity contribution in [1.82, 2.24) is 4.90 Å². The van der Waals surface area contributed by atoms with Crippen molar-refractivity contribution >= 4 is 5.91 Å². The van der Waals surface area contributed by atoms with E-state index in [2.05, 4.69) is 61.2 Å². The molecule has 5 nitrogen and oxygen atoms in total. The normalized spacial score (nSPS) is 22.3. The molecule has 0 aromatic heterocycles. The van der Waals surface area contributed by atoms with E-state index < -0.39 is 0 Å². The molecule has 2 aliphatic heterocycles. The van der Waals surface area contributed by atoms with Gasteiger partial charge in [-0.05, 0) is 43.5 Å². The molecule has 2 aliphatic rings. The summed E-state index contributed by atoms with van der Waals surface area (Å²) in [5, 5.41) is 0. The van der Waals surface area contributed by atoms with Crippen LogP contribution in [0.2, 0.25) is 0 Å². The molecule has 2 heterocycles. The first-order chi connectivity index (χ1) is 14.5. The molecule has 0 radical (unpaired) electrons. The first-order valence-electron chi connectivity index (χ1n) is 11.2. The monoisotopic (exact) mass is 409 g/mol. The summed E-state index contributed by atoms with van der Waals surface area (Å²) >= 11 is 0. The van der Waals surface area contributed by atoms with E-state index in [0.717, 1.165) is 58.0 Å². The molecular weight excluding hydrogens is 374 g/mol. The molecular formula is C25H35N3O2+2. The second-order valence-corrected chi connectivity index (χ2v) is 8.90. The van der Waals surface area contributed by atoms with E-state index in [0.29, 0.717) is 5.91 Å². The van der Waals surface area contributed by atoms with E-state index >= 15 is 0 Å². The molecule has 1 atom stereocenters. The number of hydrogen-bond donors (Lipinski definition) is 2. The van der Waals surface area contributed by atoms with Gasteiger partial charge in [0, 0.05) is 18.7 Å². The number of benzene rings is 2. The Balaban J connectivity index is 1.32. The lowest BCUT2D eigenvalue weighted by Crippen LogP contribution is -3.29. The van der Waals surface area contributed by atoms with E-state index in [4.69, 9.17) is 4.74 Å². The lowest BCUT2D eigenvalue weighted by Gasteiger charge is -2.36. The van der Waals surface area contributed by atoms with Crippen molar-refractivity contribution < 1.29 is 19.3 Å². The smallest absolute Gasteiger partial charge is 0.280 e. The summed E-state index contributed by atoms with van der Waals surface area (Å²) < 4.78 is 5.56. The molecule has 5 heteroatoms. The van der Waals surface area contributed by atoms with Crippen molar-refractivity contribution in [3.05, 3.63) is 64.7 Å². The van der Waals surface area contributed by atoms with Gasteiger partial charge in [0.2, 0.25) is 0 Å². The van der Waals surface area contributed by atoms with Gasteiger partial charge in [0.1, 0.15) is 38.5 Å². The zero-order valence-electron chi connectivity index (χ0n) is 18.5. The third kappa shape index (κ3) is 4.52. The quantitative estimate of drug-likeness (QED) is 0.744. The van der Waals surface area contributed by atoms with E-state index in [-0.39, 0.29) is 6.04 Å². The lowest BCUT2D eigenvalue weighted by molar-refractivity contribution is -1.02. The van der Waals surface area contributed by atoms with Crippen LogP contribution >= 0.6 is 0 Å². The van der Waals surface area contributed by atoms with Gasteiger partial charge >= 0.3 is 0 Å². The summed E-state index contributed by atoms with van der Waals surface area (Å²) in [4.78, 5) is 18.3. The molecule has 1 amide bonds. The molecule has 30 heavy (non-hydrogen) atoms. The fourth-order valence-corrected chi connectivity index (χ4v) is 4.98. The highest BCUT2D eigenvalue weighted by molar-refractivity contribution is 5.80. The number of nitrogens with zero attached hydrogens (tertiary/aromatic N) is 1. The molecule has 1 saturated heterocycles. The highest BCUT2D eigenvalue weighted by atomic mass is 16.5. The van der Waals surface area contributed by atoms with Gasteiger partial charge in [-0.15, -0.1) is 0 Å². The van der Waals surface area contributed by atoms with Crippen LogP contribution in [0, 0.1) is 6.92 Å². The topological polar surface area (TPSA) is 38.4 Å². The summed E-state index contributed by atoms with van der Waals surface area (Å²) in [5.41, 5.74) is 5.26. The van der Waals surface area contributed by atoms with Crippen molar-refractivity contribution in [2.75, 3.05) is 39.8 Å². The molecule has 2 aromatic carbocycles. The molecule has 1 fully saturated rings. The Hall–Kier alpha value is -2.37. The van der Waals surface area contributed by atoms with Crippen LogP contribution in [0.1, 0.15) is 29.2 Å². The number of nitrogens with one attached hydrogen (secondary N) is 2.